The number of amides is 1. The van der Waals surface area contributed by atoms with Gasteiger partial charge in [-0.25, -0.2) is 5.84 Å². The van der Waals surface area contributed by atoms with Crippen LogP contribution < -0.4 is 5.84 Å². The highest BCUT2D eigenvalue weighted by atomic mass is 35.5. The van der Waals surface area contributed by atoms with Crippen LogP contribution in [0.15, 0.2) is 18.2 Å². The van der Waals surface area contributed by atoms with Crippen LogP contribution in [0, 0.1) is 0 Å². The molecule has 1 rings (SSSR count). The molecule has 1 aromatic carbocycles. The van der Waals surface area contributed by atoms with Crippen LogP contribution >= 0.6 is 23.2 Å². The number of carbonyl (C=O) groups excluding carboxylic acids is 1. The molecule has 88 valence electrons. The number of rotatable bonds is 1. The van der Waals surface area contributed by atoms with Gasteiger partial charge in [-0.2, -0.15) is 0 Å². The predicted octanol–water partition coefficient (Wildman–Crippen LogP) is 3.11. The highest BCUT2D eigenvalue weighted by Crippen LogP contribution is 2.23. The molecule has 0 atom stereocenters. The Morgan fingerprint density at radius 2 is 1.81 bits per heavy atom. The Hall–Kier alpha value is -0.770. The van der Waals surface area contributed by atoms with Crippen LogP contribution in [0.1, 0.15) is 31.1 Å². The molecule has 0 unspecified atom stereocenters. The van der Waals surface area contributed by atoms with Gasteiger partial charge < -0.3 is 0 Å². The first kappa shape index (κ1) is 13.3. The normalized spacial score (nSPS) is 11.4. The molecule has 0 saturated carbocycles. The smallest absolute Gasteiger partial charge is 0.268 e. The minimum atomic E-state index is -0.441. The summed E-state index contributed by atoms with van der Waals surface area (Å²) in [6.07, 6.45) is 0. The first-order chi connectivity index (χ1) is 7.23. The summed E-state index contributed by atoms with van der Waals surface area (Å²) in [5.41, 5.74) is -0.0183. The maximum absolute atomic E-state index is 12.0. The molecule has 1 aromatic rings. The summed E-state index contributed by atoms with van der Waals surface area (Å²) in [5, 5.41) is 1.93. The average molecular weight is 261 g/mol. The van der Waals surface area contributed by atoms with E-state index in [-0.39, 0.29) is 5.91 Å². The van der Waals surface area contributed by atoms with Crippen molar-refractivity contribution in [1.29, 1.82) is 0 Å². The van der Waals surface area contributed by atoms with Crippen LogP contribution in [-0.2, 0) is 0 Å². The predicted molar refractivity (Wildman–Crippen MR) is 66.6 cm³/mol. The van der Waals surface area contributed by atoms with Gasteiger partial charge in [0.05, 0.1) is 15.6 Å². The first-order valence-electron chi connectivity index (χ1n) is 4.78. The second kappa shape index (κ2) is 4.62. The summed E-state index contributed by atoms with van der Waals surface area (Å²) in [4.78, 5) is 12.0. The summed E-state index contributed by atoms with van der Waals surface area (Å²) in [6, 6.07) is 4.69. The molecule has 0 aliphatic heterocycles. The van der Waals surface area contributed by atoms with E-state index in [0.717, 1.165) is 0 Å². The lowest BCUT2D eigenvalue weighted by Crippen LogP contribution is -2.50. The fourth-order valence-corrected chi connectivity index (χ4v) is 1.37. The molecule has 0 fully saturated rings. The molecule has 0 saturated heterocycles. The molecule has 0 aliphatic rings. The van der Waals surface area contributed by atoms with Gasteiger partial charge in [-0.05, 0) is 39.0 Å². The minimum Gasteiger partial charge on any atom is -0.271 e. The lowest BCUT2D eigenvalue weighted by Gasteiger charge is -2.31. The van der Waals surface area contributed by atoms with E-state index in [1.165, 1.54) is 11.1 Å². The largest absolute Gasteiger partial charge is 0.271 e. The van der Waals surface area contributed by atoms with E-state index in [9.17, 15) is 4.79 Å². The third-order valence-corrected chi connectivity index (χ3v) is 2.85. The summed E-state index contributed by atoms with van der Waals surface area (Å²) in [6.45, 7) is 5.55. The summed E-state index contributed by atoms with van der Waals surface area (Å²) < 4.78 is 0. The van der Waals surface area contributed by atoms with Crippen LogP contribution in [0.2, 0.25) is 10.0 Å². The quantitative estimate of drug-likeness (QED) is 0.479. The molecule has 0 bridgehead atoms. The fourth-order valence-electron chi connectivity index (χ4n) is 1.07. The number of nitrogens with two attached hydrogens (primary N) is 1. The fraction of sp³-hybridized carbons (Fsp3) is 0.364. The third-order valence-electron chi connectivity index (χ3n) is 2.11. The highest BCUT2D eigenvalue weighted by Gasteiger charge is 2.24. The molecular formula is C11H14Cl2N2O. The number of benzene rings is 1. The molecule has 2 N–H and O–H groups in total. The minimum absolute atomic E-state index is 0.286. The highest BCUT2D eigenvalue weighted by molar-refractivity contribution is 6.42. The van der Waals surface area contributed by atoms with Crippen LogP contribution in [0.25, 0.3) is 0 Å². The molecule has 0 heterocycles. The van der Waals surface area contributed by atoms with E-state index in [2.05, 4.69) is 0 Å². The van der Waals surface area contributed by atoms with E-state index >= 15 is 0 Å². The van der Waals surface area contributed by atoms with Crippen molar-refractivity contribution in [3.8, 4) is 0 Å². The molecular weight excluding hydrogens is 247 g/mol. The van der Waals surface area contributed by atoms with Crippen molar-refractivity contribution in [1.82, 2.24) is 5.01 Å². The van der Waals surface area contributed by atoms with Crippen LogP contribution in [0.5, 0.6) is 0 Å². The zero-order chi connectivity index (χ0) is 12.5. The zero-order valence-corrected chi connectivity index (χ0v) is 10.9. The molecule has 0 aliphatic carbocycles. The number of hydrogen-bond acceptors (Lipinski definition) is 2. The van der Waals surface area contributed by atoms with Gasteiger partial charge in [-0.3, -0.25) is 9.80 Å². The molecule has 0 aromatic heterocycles. The second-order valence-corrected chi connectivity index (χ2v) is 5.29. The van der Waals surface area contributed by atoms with E-state index in [1.54, 1.807) is 12.1 Å². The Bertz CT molecular complexity index is 413. The number of halogens is 2. The summed E-state index contributed by atoms with van der Waals surface area (Å²) >= 11 is 11.6. The Balaban J connectivity index is 3.02. The van der Waals surface area contributed by atoms with Crippen LogP contribution in [0.3, 0.4) is 0 Å². The molecule has 3 nitrogen and oxygen atoms in total. The first-order valence-corrected chi connectivity index (χ1v) is 5.53. The van der Waals surface area contributed by atoms with Gasteiger partial charge in [-0.15, -0.1) is 0 Å². The number of nitrogens with zero attached hydrogens (tertiary/aromatic N) is 1. The summed E-state index contributed by atoms with van der Waals surface area (Å²) in [5.74, 6) is 5.44. The van der Waals surface area contributed by atoms with Crippen molar-refractivity contribution in [2.75, 3.05) is 0 Å². The second-order valence-electron chi connectivity index (χ2n) is 4.47. The Morgan fingerprint density at radius 3 is 2.25 bits per heavy atom. The Kier molecular flexibility index (Phi) is 3.84. The van der Waals surface area contributed by atoms with Gasteiger partial charge in [0.1, 0.15) is 0 Å². The average Bonchev–Trinajstić information content (AvgIpc) is 2.18. The zero-order valence-electron chi connectivity index (χ0n) is 9.42. The number of hydrazine groups is 1. The standard InChI is InChI=1S/C11H14Cl2N2O/c1-11(2,3)15(14)10(16)7-4-5-8(12)9(13)6-7/h4-6H,14H2,1-3H3. The lowest BCUT2D eigenvalue weighted by molar-refractivity contribution is 0.0582. The monoisotopic (exact) mass is 260 g/mol. The van der Waals surface area contributed by atoms with E-state index < -0.39 is 5.54 Å². The van der Waals surface area contributed by atoms with Gasteiger partial charge in [0.2, 0.25) is 0 Å². The van der Waals surface area contributed by atoms with Crippen molar-refractivity contribution in [2.24, 2.45) is 5.84 Å². The van der Waals surface area contributed by atoms with Gasteiger partial charge in [0.15, 0.2) is 0 Å². The van der Waals surface area contributed by atoms with Gasteiger partial charge in [0.25, 0.3) is 5.91 Å². The van der Waals surface area contributed by atoms with Gasteiger partial charge in [0, 0.05) is 5.56 Å². The number of carbonyl (C=O) groups is 1. The van der Waals surface area contributed by atoms with Crippen molar-refractivity contribution >= 4 is 29.1 Å². The summed E-state index contributed by atoms with van der Waals surface area (Å²) in [7, 11) is 0. The Morgan fingerprint density at radius 1 is 1.25 bits per heavy atom. The molecule has 0 radical (unpaired) electrons. The maximum atomic E-state index is 12.0. The van der Waals surface area contributed by atoms with Crippen molar-refractivity contribution < 1.29 is 4.79 Å². The van der Waals surface area contributed by atoms with Crippen LogP contribution in [-0.4, -0.2) is 16.5 Å². The maximum Gasteiger partial charge on any atom is 0.268 e. The lowest BCUT2D eigenvalue weighted by atomic mass is 10.1. The third kappa shape index (κ3) is 2.88. The van der Waals surface area contributed by atoms with E-state index in [1.807, 2.05) is 20.8 Å². The molecule has 1 amide bonds. The Labute approximate surface area is 105 Å². The van der Waals surface area contributed by atoms with E-state index in [0.29, 0.717) is 15.6 Å². The molecule has 16 heavy (non-hydrogen) atoms. The molecule has 5 heteroatoms. The van der Waals surface area contributed by atoms with Crippen molar-refractivity contribution in [3.05, 3.63) is 33.8 Å². The van der Waals surface area contributed by atoms with Gasteiger partial charge in [-0.1, -0.05) is 23.2 Å². The molecule has 0 spiro atoms. The van der Waals surface area contributed by atoms with Gasteiger partial charge >= 0.3 is 0 Å². The SMILES string of the molecule is CC(C)(C)N(N)C(=O)c1ccc(Cl)c(Cl)c1. The van der Waals surface area contributed by atoms with Crippen LogP contribution in [0.4, 0.5) is 0 Å². The van der Waals surface area contributed by atoms with Crippen molar-refractivity contribution in [3.63, 3.8) is 0 Å². The topological polar surface area (TPSA) is 46.3 Å². The van der Waals surface area contributed by atoms with E-state index in [4.69, 9.17) is 29.0 Å². The number of hydrogen-bond donors (Lipinski definition) is 1. The van der Waals surface area contributed by atoms with Crippen molar-refractivity contribution in [2.45, 2.75) is 26.3 Å².